The van der Waals surface area contributed by atoms with E-state index in [4.69, 9.17) is 11.6 Å². The van der Waals surface area contributed by atoms with E-state index in [1.165, 1.54) is 17.5 Å². The van der Waals surface area contributed by atoms with Gasteiger partial charge in [0.1, 0.15) is 0 Å². The largest absolute Gasteiger partial charge is 0.417 e. The third kappa shape index (κ3) is 3.21. The summed E-state index contributed by atoms with van der Waals surface area (Å²) in [7, 11) is 0. The molecule has 0 fully saturated rings. The van der Waals surface area contributed by atoms with Crippen LogP contribution in [0.1, 0.15) is 12.5 Å². The van der Waals surface area contributed by atoms with Crippen LogP contribution in [0.2, 0.25) is 5.02 Å². The molecule has 8 heteroatoms. The summed E-state index contributed by atoms with van der Waals surface area (Å²) in [5.41, 5.74) is 1.04. The predicted molar refractivity (Wildman–Crippen MR) is 84.9 cm³/mol. The minimum atomic E-state index is -4.49. The highest BCUT2D eigenvalue weighted by Crippen LogP contribution is 2.33. The average Bonchev–Trinajstić information content (AvgIpc) is 2.90. The minimum absolute atomic E-state index is 0.0888. The lowest BCUT2D eigenvalue weighted by molar-refractivity contribution is -0.137. The number of fused-ring (bicyclic) bond motifs is 1. The number of hydrogen-bond acceptors (Lipinski definition) is 2. The van der Waals surface area contributed by atoms with Gasteiger partial charge in [0.25, 0.3) is 0 Å². The lowest BCUT2D eigenvalue weighted by Gasteiger charge is -2.07. The van der Waals surface area contributed by atoms with Gasteiger partial charge in [0.05, 0.1) is 16.3 Å². The molecular formula is C16H11ClF3N3O. The Labute approximate surface area is 139 Å². The number of carbonyl (C=O) groups is 1. The monoisotopic (exact) mass is 353 g/mol. The Bertz CT molecular complexity index is 934. The van der Waals surface area contributed by atoms with Crippen LogP contribution in [0.15, 0.2) is 42.7 Å². The Hall–Kier alpha value is -2.54. The minimum Gasteiger partial charge on any atom is -0.326 e. The molecule has 2 heterocycles. The number of aromatic nitrogens is 2. The van der Waals surface area contributed by atoms with Crippen molar-refractivity contribution in [1.29, 1.82) is 0 Å². The number of hydrogen-bond donors (Lipinski definition) is 1. The zero-order valence-corrected chi connectivity index (χ0v) is 13.1. The molecule has 24 heavy (non-hydrogen) atoms. The predicted octanol–water partition coefficient (Wildman–Crippen LogP) is 4.63. The molecule has 0 saturated heterocycles. The summed E-state index contributed by atoms with van der Waals surface area (Å²) < 4.78 is 39.8. The van der Waals surface area contributed by atoms with Gasteiger partial charge < -0.3 is 9.72 Å². The number of anilines is 1. The third-order valence-electron chi connectivity index (χ3n) is 3.31. The number of halogens is 4. The summed E-state index contributed by atoms with van der Waals surface area (Å²) in [5, 5.41) is 2.55. The zero-order valence-electron chi connectivity index (χ0n) is 12.4. The molecular weight excluding hydrogens is 343 g/mol. The van der Waals surface area contributed by atoms with E-state index in [1.807, 2.05) is 0 Å². The van der Waals surface area contributed by atoms with Gasteiger partial charge in [-0.1, -0.05) is 23.7 Å². The number of nitrogens with one attached hydrogen (secondary N) is 1. The highest BCUT2D eigenvalue weighted by Gasteiger charge is 2.31. The molecule has 0 saturated carbocycles. The van der Waals surface area contributed by atoms with E-state index in [9.17, 15) is 18.0 Å². The lowest BCUT2D eigenvalue weighted by Crippen LogP contribution is -2.06. The number of carbonyl (C=O) groups excluding carboxylic acids is 1. The van der Waals surface area contributed by atoms with E-state index in [0.29, 0.717) is 16.9 Å². The quantitative estimate of drug-likeness (QED) is 0.730. The first kappa shape index (κ1) is 16.3. The topological polar surface area (TPSA) is 46.4 Å². The second-order valence-electron chi connectivity index (χ2n) is 5.19. The zero-order chi connectivity index (χ0) is 17.5. The molecule has 0 unspecified atom stereocenters. The van der Waals surface area contributed by atoms with Crippen LogP contribution in [-0.4, -0.2) is 15.3 Å². The van der Waals surface area contributed by atoms with Gasteiger partial charge in [-0.2, -0.15) is 13.2 Å². The molecule has 0 aliphatic rings. The Morgan fingerprint density at radius 2 is 2.00 bits per heavy atom. The molecule has 0 bridgehead atoms. The van der Waals surface area contributed by atoms with Crippen LogP contribution >= 0.6 is 11.6 Å². The Morgan fingerprint density at radius 3 is 2.67 bits per heavy atom. The van der Waals surface area contributed by atoms with Gasteiger partial charge in [0, 0.05) is 30.6 Å². The van der Waals surface area contributed by atoms with E-state index < -0.39 is 11.7 Å². The molecule has 124 valence electrons. The normalized spacial score (nSPS) is 11.7. The van der Waals surface area contributed by atoms with Crippen molar-refractivity contribution >= 4 is 28.8 Å². The van der Waals surface area contributed by atoms with E-state index in [0.717, 1.165) is 12.3 Å². The Morgan fingerprint density at radius 1 is 1.25 bits per heavy atom. The van der Waals surface area contributed by atoms with Gasteiger partial charge in [-0.25, -0.2) is 4.98 Å². The number of pyridine rings is 1. The van der Waals surface area contributed by atoms with Gasteiger partial charge in [0.2, 0.25) is 5.91 Å². The highest BCUT2D eigenvalue weighted by atomic mass is 35.5. The molecule has 4 nitrogen and oxygen atoms in total. The van der Waals surface area contributed by atoms with Crippen LogP contribution in [0.5, 0.6) is 0 Å². The van der Waals surface area contributed by atoms with Crippen LogP contribution in [0.3, 0.4) is 0 Å². The van der Waals surface area contributed by atoms with Crippen molar-refractivity contribution in [2.24, 2.45) is 0 Å². The number of imidazole rings is 1. The molecule has 1 aromatic carbocycles. The summed E-state index contributed by atoms with van der Waals surface area (Å²) in [5.74, 6) is -0.222. The first-order valence-electron chi connectivity index (χ1n) is 6.87. The fraction of sp³-hybridized carbons (Fsp3) is 0.125. The molecule has 3 rings (SSSR count). The molecule has 2 aromatic heterocycles. The van der Waals surface area contributed by atoms with E-state index >= 15 is 0 Å². The van der Waals surface area contributed by atoms with Crippen molar-refractivity contribution in [3.8, 4) is 11.3 Å². The fourth-order valence-corrected chi connectivity index (χ4v) is 2.57. The number of alkyl halides is 3. The Balaban J connectivity index is 2.08. The number of nitrogens with zero attached hydrogens (tertiary/aromatic N) is 2. The van der Waals surface area contributed by atoms with E-state index in [2.05, 4.69) is 10.3 Å². The van der Waals surface area contributed by atoms with Crippen LogP contribution in [0.25, 0.3) is 16.9 Å². The van der Waals surface area contributed by atoms with E-state index in [1.54, 1.807) is 24.3 Å². The molecule has 0 aliphatic carbocycles. The molecule has 1 amide bonds. The second kappa shape index (κ2) is 5.83. The lowest BCUT2D eigenvalue weighted by atomic mass is 10.1. The summed E-state index contributed by atoms with van der Waals surface area (Å²) in [6.07, 6.45) is -2.09. The molecule has 3 aromatic rings. The molecule has 0 aliphatic heterocycles. The van der Waals surface area contributed by atoms with Gasteiger partial charge in [-0.3, -0.25) is 4.79 Å². The summed E-state index contributed by atoms with van der Waals surface area (Å²) in [4.78, 5) is 15.4. The first-order valence-corrected chi connectivity index (χ1v) is 7.25. The van der Waals surface area contributed by atoms with Crippen molar-refractivity contribution in [1.82, 2.24) is 9.38 Å². The van der Waals surface area contributed by atoms with Crippen molar-refractivity contribution in [3.05, 3.63) is 53.3 Å². The maximum absolute atomic E-state index is 12.9. The van der Waals surface area contributed by atoms with Gasteiger partial charge in [-0.15, -0.1) is 0 Å². The maximum Gasteiger partial charge on any atom is 0.417 e. The summed E-state index contributed by atoms with van der Waals surface area (Å²) in [6.45, 7) is 1.38. The summed E-state index contributed by atoms with van der Waals surface area (Å²) in [6, 6.07) is 7.69. The smallest absolute Gasteiger partial charge is 0.326 e. The van der Waals surface area contributed by atoms with Crippen molar-refractivity contribution in [2.45, 2.75) is 13.1 Å². The number of rotatable bonds is 2. The van der Waals surface area contributed by atoms with Gasteiger partial charge in [0.15, 0.2) is 5.65 Å². The average molecular weight is 354 g/mol. The van der Waals surface area contributed by atoms with Crippen LogP contribution < -0.4 is 5.32 Å². The van der Waals surface area contributed by atoms with Crippen molar-refractivity contribution in [2.75, 3.05) is 5.32 Å². The standard InChI is InChI=1S/C16H11ClF3N3O/c1-9(24)21-12-4-2-3-10(5-12)14-8-23-7-11(16(18,19)20)6-13(17)15(23)22-14/h2-8H,1H3,(H,21,24). The highest BCUT2D eigenvalue weighted by molar-refractivity contribution is 6.33. The molecule has 0 spiro atoms. The SMILES string of the molecule is CC(=O)Nc1cccc(-c2cn3cc(C(F)(F)F)cc(Cl)c3n2)c1. The first-order chi connectivity index (χ1) is 11.2. The van der Waals surface area contributed by atoms with Crippen LogP contribution in [0, 0.1) is 0 Å². The van der Waals surface area contributed by atoms with Crippen molar-refractivity contribution < 1.29 is 18.0 Å². The molecule has 1 N–H and O–H groups in total. The number of amides is 1. The third-order valence-corrected chi connectivity index (χ3v) is 3.59. The second-order valence-corrected chi connectivity index (χ2v) is 5.60. The Kier molecular flexibility index (Phi) is 3.96. The van der Waals surface area contributed by atoms with Crippen LogP contribution in [0.4, 0.5) is 18.9 Å². The van der Waals surface area contributed by atoms with E-state index in [-0.39, 0.29) is 16.6 Å². The summed E-state index contributed by atoms with van der Waals surface area (Å²) >= 11 is 5.93. The van der Waals surface area contributed by atoms with Crippen LogP contribution in [-0.2, 0) is 11.0 Å². The number of benzene rings is 1. The molecule has 0 radical (unpaired) electrons. The molecule has 0 atom stereocenters. The van der Waals surface area contributed by atoms with Gasteiger partial charge in [-0.05, 0) is 18.2 Å². The van der Waals surface area contributed by atoms with Crippen molar-refractivity contribution in [3.63, 3.8) is 0 Å². The van der Waals surface area contributed by atoms with Gasteiger partial charge >= 0.3 is 6.18 Å². The maximum atomic E-state index is 12.9. The fourth-order valence-electron chi connectivity index (χ4n) is 2.31.